The van der Waals surface area contributed by atoms with Crippen molar-refractivity contribution in [3.63, 3.8) is 0 Å². The Labute approximate surface area is 121 Å². The van der Waals surface area contributed by atoms with Crippen molar-refractivity contribution in [1.82, 2.24) is 4.57 Å². The summed E-state index contributed by atoms with van der Waals surface area (Å²) in [4.78, 5) is 0. The van der Waals surface area contributed by atoms with Crippen LogP contribution in [0.4, 0.5) is 0 Å². The second kappa shape index (κ2) is 4.60. The molecule has 1 saturated heterocycles. The predicted molar refractivity (Wildman–Crippen MR) is 79.9 cm³/mol. The maximum absolute atomic E-state index is 10.5. The van der Waals surface area contributed by atoms with E-state index in [4.69, 9.17) is 4.74 Å². The average molecular weight is 277 g/mol. The number of aliphatic hydroxyl groups excluding tert-OH is 1. The van der Waals surface area contributed by atoms with Gasteiger partial charge in [0, 0.05) is 35.7 Å². The van der Waals surface area contributed by atoms with Gasteiger partial charge in [-0.15, -0.1) is 0 Å². The van der Waals surface area contributed by atoms with Crippen LogP contribution in [0.5, 0.6) is 0 Å². The molecular weight excluding hydrogens is 250 g/mol. The van der Waals surface area contributed by atoms with Crippen LogP contribution < -0.4 is 0 Å². The highest BCUT2D eigenvalue weighted by Crippen LogP contribution is 2.44. The first-order valence-electron chi connectivity index (χ1n) is 7.80. The molecule has 1 fully saturated rings. The van der Waals surface area contributed by atoms with Crippen molar-refractivity contribution in [3.8, 4) is 0 Å². The Morgan fingerprint density at radius 2 is 1.90 bits per heavy atom. The van der Waals surface area contributed by atoms with Crippen LogP contribution in [-0.2, 0) is 16.7 Å². The Morgan fingerprint density at radius 3 is 2.55 bits per heavy atom. The number of hydrogen-bond acceptors (Lipinski definition) is 2. The van der Waals surface area contributed by atoms with Crippen molar-refractivity contribution in [2.45, 2.75) is 65.0 Å². The van der Waals surface area contributed by atoms with Crippen LogP contribution in [0.25, 0.3) is 0 Å². The third kappa shape index (κ3) is 2.21. The van der Waals surface area contributed by atoms with Gasteiger partial charge in [0.1, 0.15) is 0 Å². The van der Waals surface area contributed by atoms with E-state index in [2.05, 4.69) is 38.3 Å². The molecule has 1 aromatic rings. The second-order valence-electron chi connectivity index (χ2n) is 7.69. The van der Waals surface area contributed by atoms with Gasteiger partial charge in [-0.1, -0.05) is 13.8 Å². The lowest BCUT2D eigenvalue weighted by Gasteiger charge is -2.41. The normalized spacial score (nSPS) is 28.1. The third-order valence-electron chi connectivity index (χ3n) is 5.18. The topological polar surface area (TPSA) is 34.4 Å². The average Bonchev–Trinajstić information content (AvgIpc) is 2.66. The molecule has 1 unspecified atom stereocenters. The van der Waals surface area contributed by atoms with Gasteiger partial charge in [-0.3, -0.25) is 0 Å². The number of fused-ring (bicyclic) bond motifs is 1. The maximum Gasteiger partial charge on any atom is 0.0812 e. The molecule has 3 rings (SSSR count). The van der Waals surface area contributed by atoms with Crippen molar-refractivity contribution in [2.24, 2.45) is 5.41 Å². The largest absolute Gasteiger partial charge is 0.388 e. The first kappa shape index (κ1) is 14.2. The number of ether oxygens (including phenoxy) is 1. The van der Waals surface area contributed by atoms with E-state index in [-0.39, 0.29) is 17.1 Å². The first-order chi connectivity index (χ1) is 9.32. The highest BCUT2D eigenvalue weighted by atomic mass is 16.5. The molecule has 2 heterocycles. The summed E-state index contributed by atoms with van der Waals surface area (Å²) in [6, 6.07) is 2.20. The summed E-state index contributed by atoms with van der Waals surface area (Å²) in [5.41, 5.74) is 4.13. The van der Waals surface area contributed by atoms with E-state index in [1.165, 1.54) is 11.4 Å². The zero-order chi connectivity index (χ0) is 14.5. The monoisotopic (exact) mass is 277 g/mol. The Kier molecular flexibility index (Phi) is 3.26. The summed E-state index contributed by atoms with van der Waals surface area (Å²) in [5, 5.41) is 10.5. The highest BCUT2D eigenvalue weighted by Gasteiger charge is 2.39. The Balaban J connectivity index is 2.09. The standard InChI is InChI=1S/C17H27NO2/c1-12-9-13-14(10-16(2,3)11-15(13)19)18(12)17(4)5-7-20-8-6-17/h9,15,19H,5-8,10-11H2,1-4H3. The quantitative estimate of drug-likeness (QED) is 0.854. The summed E-state index contributed by atoms with van der Waals surface area (Å²) in [5.74, 6) is 0. The fourth-order valence-corrected chi connectivity index (χ4v) is 4.13. The molecule has 0 amide bonds. The van der Waals surface area contributed by atoms with Crippen molar-refractivity contribution in [2.75, 3.05) is 13.2 Å². The molecule has 0 saturated carbocycles. The van der Waals surface area contributed by atoms with Gasteiger partial charge in [0.05, 0.1) is 6.10 Å². The summed E-state index contributed by atoms with van der Waals surface area (Å²) < 4.78 is 8.06. The maximum atomic E-state index is 10.5. The minimum atomic E-state index is -0.308. The molecule has 1 aromatic heterocycles. The number of hydrogen-bond donors (Lipinski definition) is 1. The summed E-state index contributed by atoms with van der Waals surface area (Å²) in [7, 11) is 0. The number of aryl methyl sites for hydroxylation is 1. The van der Waals surface area contributed by atoms with Crippen LogP contribution in [0.15, 0.2) is 6.07 Å². The van der Waals surface area contributed by atoms with Gasteiger partial charge in [-0.2, -0.15) is 0 Å². The SMILES string of the molecule is Cc1cc2c(n1C1(C)CCOCC1)CC(C)(C)CC2O. The molecule has 0 radical (unpaired) electrons. The fourth-order valence-electron chi connectivity index (χ4n) is 4.13. The van der Waals surface area contributed by atoms with Crippen LogP contribution in [0, 0.1) is 12.3 Å². The van der Waals surface area contributed by atoms with E-state index in [9.17, 15) is 5.11 Å². The zero-order valence-electron chi connectivity index (χ0n) is 13.2. The molecule has 3 nitrogen and oxygen atoms in total. The van der Waals surface area contributed by atoms with Gasteiger partial charge in [0.2, 0.25) is 0 Å². The number of aromatic nitrogens is 1. The summed E-state index contributed by atoms with van der Waals surface area (Å²) in [6.45, 7) is 10.7. The third-order valence-corrected chi connectivity index (χ3v) is 5.18. The molecule has 1 N–H and O–H groups in total. The molecular formula is C17H27NO2. The van der Waals surface area contributed by atoms with Crippen molar-refractivity contribution < 1.29 is 9.84 Å². The fraction of sp³-hybridized carbons (Fsp3) is 0.765. The number of nitrogens with zero attached hydrogens (tertiary/aromatic N) is 1. The molecule has 3 heteroatoms. The van der Waals surface area contributed by atoms with E-state index in [1.807, 2.05) is 0 Å². The van der Waals surface area contributed by atoms with E-state index in [0.29, 0.717) is 0 Å². The zero-order valence-corrected chi connectivity index (χ0v) is 13.2. The summed E-state index contributed by atoms with van der Waals surface area (Å²) in [6.07, 6.45) is 3.74. The van der Waals surface area contributed by atoms with Gasteiger partial charge in [-0.05, 0) is 51.0 Å². The Morgan fingerprint density at radius 1 is 1.25 bits per heavy atom. The molecule has 0 spiro atoms. The molecule has 0 aromatic carbocycles. The van der Waals surface area contributed by atoms with Crippen LogP contribution in [0.1, 0.15) is 63.1 Å². The van der Waals surface area contributed by atoms with Crippen LogP contribution in [0.2, 0.25) is 0 Å². The van der Waals surface area contributed by atoms with E-state index in [1.54, 1.807) is 0 Å². The highest BCUT2D eigenvalue weighted by molar-refractivity contribution is 5.34. The smallest absolute Gasteiger partial charge is 0.0812 e. The second-order valence-corrected chi connectivity index (χ2v) is 7.69. The van der Waals surface area contributed by atoms with E-state index in [0.717, 1.165) is 44.5 Å². The first-order valence-corrected chi connectivity index (χ1v) is 7.80. The minimum absolute atomic E-state index is 0.142. The molecule has 1 aliphatic carbocycles. The van der Waals surface area contributed by atoms with Crippen molar-refractivity contribution in [1.29, 1.82) is 0 Å². The van der Waals surface area contributed by atoms with Crippen molar-refractivity contribution in [3.05, 3.63) is 23.0 Å². The van der Waals surface area contributed by atoms with Crippen LogP contribution in [0.3, 0.4) is 0 Å². The van der Waals surface area contributed by atoms with Gasteiger partial charge in [-0.25, -0.2) is 0 Å². The molecule has 112 valence electrons. The molecule has 1 atom stereocenters. The Hall–Kier alpha value is -0.800. The minimum Gasteiger partial charge on any atom is -0.388 e. The van der Waals surface area contributed by atoms with Crippen molar-refractivity contribution >= 4 is 0 Å². The van der Waals surface area contributed by atoms with Crippen LogP contribution in [-0.4, -0.2) is 22.9 Å². The van der Waals surface area contributed by atoms with Gasteiger partial charge in [0.15, 0.2) is 0 Å². The lowest BCUT2D eigenvalue weighted by atomic mass is 9.75. The van der Waals surface area contributed by atoms with Gasteiger partial charge >= 0.3 is 0 Å². The van der Waals surface area contributed by atoms with Gasteiger partial charge < -0.3 is 14.4 Å². The summed E-state index contributed by atoms with van der Waals surface area (Å²) >= 11 is 0. The van der Waals surface area contributed by atoms with Crippen LogP contribution >= 0.6 is 0 Å². The van der Waals surface area contributed by atoms with E-state index >= 15 is 0 Å². The predicted octanol–water partition coefficient (Wildman–Crippen LogP) is 3.33. The number of aliphatic hydroxyl groups is 1. The lowest BCUT2D eigenvalue weighted by Crippen LogP contribution is -2.40. The molecule has 1 aliphatic heterocycles. The molecule has 2 aliphatic rings. The number of rotatable bonds is 1. The Bertz CT molecular complexity index is 509. The van der Waals surface area contributed by atoms with E-state index < -0.39 is 0 Å². The molecule has 20 heavy (non-hydrogen) atoms. The molecule has 0 bridgehead atoms. The van der Waals surface area contributed by atoms with Gasteiger partial charge in [0.25, 0.3) is 0 Å². The lowest BCUT2D eigenvalue weighted by molar-refractivity contribution is 0.0254.